The Labute approximate surface area is 389 Å². The van der Waals surface area contributed by atoms with E-state index in [-0.39, 0.29) is 0 Å². The Morgan fingerprint density at radius 3 is 0.803 bits per heavy atom. The monoisotopic (exact) mass is 929 g/mol. The zero-order valence-corrected chi connectivity index (χ0v) is 43.3. The number of aryl methyl sites for hydroxylation is 4. The molecule has 350 valence electrons. The summed E-state index contributed by atoms with van der Waals surface area (Å²) in [6.07, 6.45) is 43.0. The minimum absolute atomic E-state index is 0.950. The van der Waals surface area contributed by atoms with Crippen molar-refractivity contribution in [2.45, 2.75) is 271 Å². The summed E-state index contributed by atoms with van der Waals surface area (Å²) < 4.78 is 1.70. The van der Waals surface area contributed by atoms with Gasteiger partial charge in [0.05, 0.1) is 0 Å². The Balaban J connectivity index is 0.00000414. The van der Waals surface area contributed by atoms with Crippen LogP contribution in [-0.4, -0.2) is 4.70 Å². The number of hydrogen-bond acceptors (Lipinski definition) is 0. The third kappa shape index (κ3) is 22.6. The molecule has 0 aliphatic carbocycles. The van der Waals surface area contributed by atoms with E-state index in [1.54, 1.807) is 4.70 Å². The minimum atomic E-state index is 0.950. The molecule has 0 aromatic heterocycles. The molecule has 0 saturated heterocycles. The second kappa shape index (κ2) is 36.5. The van der Waals surface area contributed by atoms with Crippen molar-refractivity contribution >= 4 is 11.4 Å². The van der Waals surface area contributed by atoms with Gasteiger partial charge in [0.2, 0.25) is 11.4 Å². The van der Waals surface area contributed by atoms with Crippen LogP contribution in [0.3, 0.4) is 0 Å². The fourth-order valence-corrected chi connectivity index (χ4v) is 9.31. The summed E-state index contributed by atoms with van der Waals surface area (Å²) in [6, 6.07) is 14.9. The van der Waals surface area contributed by atoms with Gasteiger partial charge < -0.3 is 5.53 Å². The first-order chi connectivity index (χ1) is 29.9. The molecule has 2 nitrogen and oxygen atoms in total. The Morgan fingerprint density at radius 1 is 0.328 bits per heavy atom. The second-order valence-corrected chi connectivity index (χ2v) is 20.2. The molecule has 1 aliphatic rings. The van der Waals surface area contributed by atoms with E-state index >= 15 is 0 Å². The van der Waals surface area contributed by atoms with Crippen molar-refractivity contribution in [1.82, 2.24) is 0 Å². The zero-order valence-electron chi connectivity index (χ0n) is 41.7. The molecular weight excluding hydrogens is 831 g/mol. The van der Waals surface area contributed by atoms with E-state index in [1.807, 2.05) is 0 Å². The number of allylic oxidation sites excluding steroid dienone is 2. The fraction of sp³-hybridized carbons (Fsp3) is 0.724. The van der Waals surface area contributed by atoms with Gasteiger partial charge in [-0.15, -0.1) is 0 Å². The predicted octanol–water partition coefficient (Wildman–Crippen LogP) is 20.0. The summed E-state index contributed by atoms with van der Waals surface area (Å²) in [5.41, 5.74) is 26.1. The molecule has 0 fully saturated rings. The van der Waals surface area contributed by atoms with Gasteiger partial charge in [0.1, 0.15) is 0 Å². The molecular formula is C58H98N2Pd. The summed E-state index contributed by atoms with van der Waals surface area (Å²) >= 11 is 0.950. The molecule has 0 radical (unpaired) electrons. The fourth-order valence-electron chi connectivity index (χ4n) is 9.31. The quantitative estimate of drug-likeness (QED) is 0.0370. The summed E-state index contributed by atoms with van der Waals surface area (Å²) in [4.78, 5) is 0. The Bertz CT molecular complexity index is 1320. The second-order valence-electron chi connectivity index (χ2n) is 18.6. The van der Waals surface area contributed by atoms with Crippen LogP contribution in [0.2, 0.25) is 10.8 Å². The zero-order chi connectivity index (χ0) is 44.3. The number of hydrogen-bond donors (Lipinski definition) is 0. The van der Waals surface area contributed by atoms with Crippen LogP contribution in [0.25, 0.3) is 16.9 Å². The van der Waals surface area contributed by atoms with E-state index in [0.29, 0.717) is 0 Å². The molecule has 3 heteroatoms. The first-order valence-corrected chi connectivity index (χ1v) is 29.5. The molecule has 0 amide bonds. The third-order valence-corrected chi connectivity index (χ3v) is 12.8. The molecule has 0 atom stereocenters. The van der Waals surface area contributed by atoms with Crippen molar-refractivity contribution in [3.05, 3.63) is 86.5 Å². The first kappa shape index (κ1) is 55.3. The maximum absolute atomic E-state index is 12.8. The van der Waals surface area contributed by atoms with Crippen LogP contribution >= 0.6 is 0 Å². The molecule has 2 aromatic carbocycles. The van der Waals surface area contributed by atoms with Gasteiger partial charge in [0.25, 0.3) is 0 Å². The van der Waals surface area contributed by atoms with Crippen LogP contribution in [-0.2, 0) is 43.7 Å². The van der Waals surface area contributed by atoms with Crippen molar-refractivity contribution in [1.29, 1.82) is 0 Å². The molecule has 0 N–H and O–H groups in total. The van der Waals surface area contributed by atoms with Crippen LogP contribution in [0.15, 0.2) is 47.5 Å². The van der Waals surface area contributed by atoms with Crippen molar-refractivity contribution < 1.29 is 22.7 Å². The average Bonchev–Trinajstić information content (AvgIpc) is 3.54. The Morgan fingerprint density at radius 2 is 0.557 bits per heavy atom. The Kier molecular flexibility index (Phi) is 33.1. The van der Waals surface area contributed by atoms with Gasteiger partial charge in [0, 0.05) is 22.3 Å². The van der Waals surface area contributed by atoms with Crippen molar-refractivity contribution in [3.63, 3.8) is 0 Å². The van der Waals surface area contributed by atoms with Crippen molar-refractivity contribution in [2.75, 3.05) is 0 Å². The SMILES string of the molecule is CCCCCCCCc1cc(CCCCCCCC)cc(C2=C(CCCC)C(CCCC)=C(c3cc(CCCCCCCC)cc(CCCCCCCC)c3)[N+]2=[N-])c1.[CH3][Pd][CH3]. The van der Waals surface area contributed by atoms with Gasteiger partial charge in [-0.2, -0.15) is 0 Å². The van der Waals surface area contributed by atoms with E-state index in [2.05, 4.69) is 88.7 Å². The molecule has 1 aliphatic heterocycles. The number of nitrogens with zero attached hydrogens (tertiary/aromatic N) is 2. The third-order valence-electron chi connectivity index (χ3n) is 12.8. The van der Waals surface area contributed by atoms with Crippen LogP contribution in [0.4, 0.5) is 0 Å². The van der Waals surface area contributed by atoms with Crippen molar-refractivity contribution in [3.8, 4) is 0 Å². The average molecular weight is 930 g/mol. The van der Waals surface area contributed by atoms with E-state index < -0.39 is 0 Å². The van der Waals surface area contributed by atoms with Crippen LogP contribution < -0.4 is 0 Å². The number of rotatable bonds is 36. The van der Waals surface area contributed by atoms with Crippen LogP contribution in [0.5, 0.6) is 0 Å². The summed E-state index contributed by atoms with van der Waals surface area (Å²) in [5, 5.41) is 4.35. The van der Waals surface area contributed by atoms with Crippen molar-refractivity contribution in [2.24, 2.45) is 0 Å². The Hall–Kier alpha value is -1.82. The molecule has 61 heavy (non-hydrogen) atoms. The van der Waals surface area contributed by atoms with E-state index in [1.165, 1.54) is 199 Å². The molecule has 0 saturated carbocycles. The van der Waals surface area contributed by atoms with Gasteiger partial charge in [-0.25, -0.2) is 4.70 Å². The van der Waals surface area contributed by atoms with Gasteiger partial charge in [-0.05, 0) is 124 Å². The number of unbranched alkanes of at least 4 members (excludes halogenated alkanes) is 22. The molecule has 0 unspecified atom stereocenters. The number of benzene rings is 2. The van der Waals surface area contributed by atoms with Crippen LogP contribution in [0, 0.1) is 0 Å². The molecule has 1 heterocycles. The molecule has 2 aromatic rings. The van der Waals surface area contributed by atoms with Gasteiger partial charge in [-0.3, -0.25) is 0 Å². The van der Waals surface area contributed by atoms with Gasteiger partial charge in [-0.1, -0.05) is 195 Å². The summed E-state index contributed by atoms with van der Waals surface area (Å²) in [7, 11) is 0. The molecule has 0 spiro atoms. The summed E-state index contributed by atoms with van der Waals surface area (Å²) in [6.45, 7) is 13.9. The topological polar surface area (TPSA) is 25.3 Å². The normalized spacial score (nSPS) is 12.9. The van der Waals surface area contributed by atoms with Gasteiger partial charge in [0.15, 0.2) is 0 Å². The van der Waals surface area contributed by atoms with E-state index in [9.17, 15) is 5.53 Å². The van der Waals surface area contributed by atoms with E-state index in [0.717, 1.165) is 93.6 Å². The first-order valence-electron chi connectivity index (χ1n) is 26.4. The van der Waals surface area contributed by atoms with Crippen LogP contribution in [0.1, 0.15) is 268 Å². The molecule has 3 rings (SSSR count). The molecule has 0 bridgehead atoms. The van der Waals surface area contributed by atoms with Gasteiger partial charge >= 0.3 is 28.8 Å². The summed E-state index contributed by atoms with van der Waals surface area (Å²) in [5.74, 6) is 0. The maximum atomic E-state index is 12.8. The standard InChI is InChI=1S/C56H92N2.2CH3.Pd/c1-7-13-19-23-27-31-35-47-41-48(36-32-28-24-20-14-8-2)44-51(43-47)55-53(39-17-11-5)54(40-18-12-6)56(58(55)57)52-45-49(37-33-29-25-21-15-9-3)42-50(46-52)38-34-30-26-22-16-10-4;;;/h41-46H,7-40H2,1-6H3;2*1H3;. The predicted molar refractivity (Wildman–Crippen MR) is 269 cm³/mol. The van der Waals surface area contributed by atoms with E-state index in [4.69, 9.17) is 0 Å².